The van der Waals surface area contributed by atoms with Gasteiger partial charge in [0, 0.05) is 29.6 Å². The molecule has 1 unspecified atom stereocenters. The number of nitrogens with zero attached hydrogens (tertiary/aromatic N) is 1. The molecule has 3 rings (SSSR count). The first-order valence-corrected chi connectivity index (χ1v) is 11.4. The molecule has 0 spiro atoms. The SMILES string of the molecule is CCOC(=O)C1=C(C)N(Cc2ccc(C(=O)NC(C)C)cc2)C(=O)CC1c1cccc(C)c1. The highest BCUT2D eigenvalue weighted by atomic mass is 16.5. The molecule has 0 radical (unpaired) electrons. The Labute approximate surface area is 195 Å². The molecule has 0 fully saturated rings. The fourth-order valence-electron chi connectivity index (χ4n) is 4.14. The molecular formula is C27H32N2O4. The number of rotatable bonds is 7. The first-order chi connectivity index (χ1) is 15.7. The summed E-state index contributed by atoms with van der Waals surface area (Å²) in [6.07, 6.45) is 0.198. The van der Waals surface area contributed by atoms with Crippen LogP contribution in [0.15, 0.2) is 59.8 Å². The predicted octanol–water partition coefficient (Wildman–Crippen LogP) is 4.49. The van der Waals surface area contributed by atoms with Crippen LogP contribution in [-0.2, 0) is 20.9 Å². The van der Waals surface area contributed by atoms with Crippen molar-refractivity contribution < 1.29 is 19.1 Å². The average molecular weight is 449 g/mol. The van der Waals surface area contributed by atoms with Gasteiger partial charge in [-0.3, -0.25) is 9.59 Å². The summed E-state index contributed by atoms with van der Waals surface area (Å²) in [7, 11) is 0. The Bertz CT molecular complexity index is 1070. The number of esters is 1. The van der Waals surface area contributed by atoms with Gasteiger partial charge in [-0.25, -0.2) is 4.79 Å². The summed E-state index contributed by atoms with van der Waals surface area (Å²) in [5, 5.41) is 2.87. The zero-order valence-corrected chi connectivity index (χ0v) is 20.0. The molecule has 2 amide bonds. The molecule has 1 N–H and O–H groups in total. The third-order valence-electron chi connectivity index (χ3n) is 5.74. The van der Waals surface area contributed by atoms with Crippen molar-refractivity contribution in [3.05, 3.63) is 82.1 Å². The van der Waals surface area contributed by atoms with Crippen LogP contribution in [0.4, 0.5) is 0 Å². The molecule has 2 aromatic carbocycles. The van der Waals surface area contributed by atoms with Crippen LogP contribution in [0.3, 0.4) is 0 Å². The molecule has 0 aliphatic carbocycles. The number of nitrogens with one attached hydrogen (secondary N) is 1. The molecule has 2 aromatic rings. The summed E-state index contributed by atoms with van der Waals surface area (Å²) < 4.78 is 5.36. The second-order valence-corrected chi connectivity index (χ2v) is 8.70. The van der Waals surface area contributed by atoms with Crippen LogP contribution in [-0.4, -0.2) is 35.3 Å². The number of carbonyl (C=O) groups excluding carboxylic acids is 3. The van der Waals surface area contributed by atoms with Crippen LogP contribution in [0.2, 0.25) is 0 Å². The molecular weight excluding hydrogens is 416 g/mol. The molecule has 6 nitrogen and oxygen atoms in total. The van der Waals surface area contributed by atoms with E-state index in [1.165, 1.54) is 0 Å². The van der Waals surface area contributed by atoms with E-state index in [4.69, 9.17) is 4.74 Å². The van der Waals surface area contributed by atoms with E-state index < -0.39 is 0 Å². The van der Waals surface area contributed by atoms with Crippen molar-refractivity contribution in [2.75, 3.05) is 6.61 Å². The molecule has 1 atom stereocenters. The minimum atomic E-state index is -0.389. The number of carbonyl (C=O) groups is 3. The zero-order chi connectivity index (χ0) is 24.1. The number of hydrogen-bond acceptors (Lipinski definition) is 4. The largest absolute Gasteiger partial charge is 0.463 e. The molecule has 0 aromatic heterocycles. The first-order valence-electron chi connectivity index (χ1n) is 11.4. The van der Waals surface area contributed by atoms with E-state index in [0.29, 0.717) is 23.4 Å². The van der Waals surface area contributed by atoms with Crippen LogP contribution >= 0.6 is 0 Å². The maximum absolute atomic E-state index is 13.2. The second-order valence-electron chi connectivity index (χ2n) is 8.70. The highest BCUT2D eigenvalue weighted by Crippen LogP contribution is 2.38. The highest BCUT2D eigenvalue weighted by molar-refractivity contribution is 5.96. The minimum absolute atomic E-state index is 0.0475. The number of allylic oxidation sites excluding steroid dienone is 1. The number of aryl methyl sites for hydroxylation is 1. The fourth-order valence-corrected chi connectivity index (χ4v) is 4.14. The van der Waals surface area contributed by atoms with Gasteiger partial charge in [0.2, 0.25) is 5.91 Å². The Morgan fingerprint density at radius 3 is 2.42 bits per heavy atom. The Morgan fingerprint density at radius 2 is 1.82 bits per heavy atom. The number of hydrogen-bond donors (Lipinski definition) is 1. The van der Waals surface area contributed by atoms with Crippen molar-refractivity contribution in [1.29, 1.82) is 0 Å². The number of amides is 2. The Morgan fingerprint density at radius 1 is 1.12 bits per heavy atom. The molecule has 174 valence electrons. The lowest BCUT2D eigenvalue weighted by molar-refractivity contribution is -0.140. The molecule has 6 heteroatoms. The molecule has 1 heterocycles. The molecule has 0 saturated carbocycles. The minimum Gasteiger partial charge on any atom is -0.463 e. The van der Waals surface area contributed by atoms with Crippen molar-refractivity contribution in [2.24, 2.45) is 0 Å². The summed E-state index contributed by atoms with van der Waals surface area (Å²) in [6.45, 7) is 9.98. The van der Waals surface area contributed by atoms with Gasteiger partial charge in [0.1, 0.15) is 0 Å². The molecule has 1 aliphatic heterocycles. The summed E-state index contributed by atoms with van der Waals surface area (Å²) in [6, 6.07) is 15.1. The second kappa shape index (κ2) is 10.5. The molecule has 0 bridgehead atoms. The van der Waals surface area contributed by atoms with E-state index in [1.54, 1.807) is 30.9 Å². The van der Waals surface area contributed by atoms with Gasteiger partial charge in [-0.15, -0.1) is 0 Å². The number of benzene rings is 2. The van der Waals surface area contributed by atoms with Gasteiger partial charge < -0.3 is 15.0 Å². The highest BCUT2D eigenvalue weighted by Gasteiger charge is 2.36. The van der Waals surface area contributed by atoms with Crippen molar-refractivity contribution in [2.45, 2.75) is 59.5 Å². The van der Waals surface area contributed by atoms with E-state index in [2.05, 4.69) is 5.32 Å². The fraction of sp³-hybridized carbons (Fsp3) is 0.370. The van der Waals surface area contributed by atoms with Gasteiger partial charge in [-0.2, -0.15) is 0 Å². The molecule has 0 saturated heterocycles. The lowest BCUT2D eigenvalue weighted by atomic mass is 9.83. The van der Waals surface area contributed by atoms with Crippen molar-refractivity contribution in [3.63, 3.8) is 0 Å². The van der Waals surface area contributed by atoms with E-state index in [-0.39, 0.29) is 42.8 Å². The van der Waals surface area contributed by atoms with Crippen LogP contribution in [0, 0.1) is 6.92 Å². The van der Waals surface area contributed by atoms with Gasteiger partial charge in [-0.1, -0.05) is 42.0 Å². The van der Waals surface area contributed by atoms with Crippen LogP contribution in [0.5, 0.6) is 0 Å². The van der Waals surface area contributed by atoms with E-state index in [0.717, 1.165) is 16.7 Å². The Hall–Kier alpha value is -3.41. The van der Waals surface area contributed by atoms with Crippen molar-refractivity contribution >= 4 is 17.8 Å². The standard InChI is InChI=1S/C27H32N2O4/c1-6-33-27(32)25-19(5)29(24(30)15-23(25)22-9-7-8-18(4)14-22)16-20-10-12-21(13-11-20)26(31)28-17(2)3/h7-14,17,23H,6,15-16H2,1-5H3,(H,28,31). The average Bonchev–Trinajstić information content (AvgIpc) is 2.76. The summed E-state index contributed by atoms with van der Waals surface area (Å²) in [5.41, 5.74) is 4.58. The van der Waals surface area contributed by atoms with Gasteiger partial charge in [0.25, 0.3) is 5.91 Å². The lowest BCUT2D eigenvalue weighted by Crippen LogP contribution is -2.38. The third-order valence-corrected chi connectivity index (χ3v) is 5.74. The number of ether oxygens (including phenoxy) is 1. The van der Waals surface area contributed by atoms with Crippen LogP contribution < -0.4 is 5.32 Å². The summed E-state index contributed by atoms with van der Waals surface area (Å²) in [5.74, 6) is -0.907. The van der Waals surface area contributed by atoms with E-state index >= 15 is 0 Å². The topological polar surface area (TPSA) is 75.7 Å². The van der Waals surface area contributed by atoms with Gasteiger partial charge in [-0.05, 0) is 57.9 Å². The first kappa shape index (κ1) is 24.2. The Kier molecular flexibility index (Phi) is 7.69. The molecule has 33 heavy (non-hydrogen) atoms. The quantitative estimate of drug-likeness (QED) is 0.634. The molecule has 1 aliphatic rings. The maximum Gasteiger partial charge on any atom is 0.336 e. The van der Waals surface area contributed by atoms with Crippen LogP contribution in [0.1, 0.15) is 67.1 Å². The van der Waals surface area contributed by atoms with Gasteiger partial charge in [0.15, 0.2) is 0 Å². The van der Waals surface area contributed by atoms with Crippen molar-refractivity contribution in [1.82, 2.24) is 10.2 Å². The smallest absolute Gasteiger partial charge is 0.336 e. The van der Waals surface area contributed by atoms with E-state index in [9.17, 15) is 14.4 Å². The van der Waals surface area contributed by atoms with Crippen LogP contribution in [0.25, 0.3) is 0 Å². The Balaban J connectivity index is 1.91. The third kappa shape index (κ3) is 5.69. The van der Waals surface area contributed by atoms with E-state index in [1.807, 2.05) is 57.2 Å². The van der Waals surface area contributed by atoms with Gasteiger partial charge >= 0.3 is 5.97 Å². The zero-order valence-electron chi connectivity index (χ0n) is 20.0. The monoisotopic (exact) mass is 448 g/mol. The lowest BCUT2D eigenvalue weighted by Gasteiger charge is -2.34. The normalized spacial score (nSPS) is 16.2. The maximum atomic E-state index is 13.2. The van der Waals surface area contributed by atoms with Crippen molar-refractivity contribution in [3.8, 4) is 0 Å². The summed E-state index contributed by atoms with van der Waals surface area (Å²) >= 11 is 0. The summed E-state index contributed by atoms with van der Waals surface area (Å²) in [4.78, 5) is 39.9. The predicted molar refractivity (Wildman–Crippen MR) is 127 cm³/mol. The van der Waals surface area contributed by atoms with Gasteiger partial charge in [0.05, 0.1) is 18.7 Å².